The quantitative estimate of drug-likeness (QED) is 0.623. The van der Waals surface area contributed by atoms with E-state index in [0.29, 0.717) is 5.75 Å². The van der Waals surface area contributed by atoms with Crippen LogP contribution >= 0.6 is 10.7 Å². The summed E-state index contributed by atoms with van der Waals surface area (Å²) in [7, 11) is -0.161. The van der Waals surface area contributed by atoms with Crippen molar-refractivity contribution < 1.29 is 12.8 Å². The van der Waals surface area contributed by atoms with Gasteiger partial charge in [0.2, 0.25) is 8.32 Å². The maximum absolute atomic E-state index is 11.1. The second-order valence-corrected chi connectivity index (χ2v) is 11.1. The molecule has 1 rings (SSSR count). The molecule has 0 aliphatic rings. The molecule has 0 unspecified atom stereocenters. The summed E-state index contributed by atoms with van der Waals surface area (Å²) >= 11 is 0. The summed E-state index contributed by atoms with van der Waals surface area (Å²) in [6.45, 7) is 6.07. The fourth-order valence-electron chi connectivity index (χ4n) is 1.04. The second-order valence-electron chi connectivity index (χ2n) is 4.13. The number of hydrogen-bond donors (Lipinski definition) is 0. The molecule has 0 saturated heterocycles. The first-order chi connectivity index (χ1) is 6.68. The molecule has 0 radical (unpaired) electrons. The highest BCUT2D eigenvalue weighted by Crippen LogP contribution is 2.22. The van der Waals surface area contributed by atoms with Crippen LogP contribution in [-0.2, 0) is 9.05 Å². The minimum atomic E-state index is -3.67. The molecule has 0 amide bonds. The number of halogens is 1. The van der Waals surface area contributed by atoms with Gasteiger partial charge in [-0.3, -0.25) is 0 Å². The standard InChI is InChI=1S/C9H13ClO3SSi/c1-15(2,3)13-8-5-4-6-9(7-8)14(10,11)12/h4-7H,1-3H3. The molecule has 0 aliphatic carbocycles. The maximum Gasteiger partial charge on any atom is 0.261 e. The van der Waals surface area contributed by atoms with Crippen molar-refractivity contribution >= 4 is 28.1 Å². The summed E-state index contributed by atoms with van der Waals surface area (Å²) in [5, 5.41) is 0. The number of rotatable bonds is 3. The van der Waals surface area contributed by atoms with Crippen molar-refractivity contribution in [2.45, 2.75) is 24.5 Å². The first-order valence-electron chi connectivity index (χ1n) is 4.42. The molecular formula is C9H13ClO3SSi. The third-order valence-corrected chi connectivity index (χ3v) is 3.71. The van der Waals surface area contributed by atoms with Gasteiger partial charge in [0.05, 0.1) is 4.90 Å². The molecule has 0 spiro atoms. The molecule has 0 saturated carbocycles. The average Bonchev–Trinajstić information content (AvgIpc) is 1.99. The average molecular weight is 265 g/mol. The third kappa shape index (κ3) is 4.23. The lowest BCUT2D eigenvalue weighted by Gasteiger charge is -2.19. The summed E-state index contributed by atoms with van der Waals surface area (Å²) in [5.74, 6) is 0.552. The molecule has 1 aromatic carbocycles. The smallest absolute Gasteiger partial charge is 0.261 e. The monoisotopic (exact) mass is 264 g/mol. The van der Waals surface area contributed by atoms with Crippen molar-refractivity contribution in [3.63, 3.8) is 0 Å². The van der Waals surface area contributed by atoms with Crippen molar-refractivity contribution in [2.24, 2.45) is 0 Å². The summed E-state index contributed by atoms with van der Waals surface area (Å²) in [6, 6.07) is 6.23. The highest BCUT2D eigenvalue weighted by atomic mass is 35.7. The van der Waals surface area contributed by atoms with Crippen LogP contribution in [0.2, 0.25) is 19.6 Å². The van der Waals surface area contributed by atoms with Gasteiger partial charge < -0.3 is 4.43 Å². The van der Waals surface area contributed by atoms with Crippen molar-refractivity contribution in [1.29, 1.82) is 0 Å². The minimum Gasteiger partial charge on any atom is -0.544 e. The Morgan fingerprint density at radius 3 is 2.33 bits per heavy atom. The fourth-order valence-corrected chi connectivity index (χ4v) is 2.66. The molecule has 0 aromatic heterocycles. The number of hydrogen-bond acceptors (Lipinski definition) is 3. The van der Waals surface area contributed by atoms with Crippen LogP contribution in [0.15, 0.2) is 29.2 Å². The Labute approximate surface area is 95.6 Å². The van der Waals surface area contributed by atoms with Gasteiger partial charge in [0.15, 0.2) is 0 Å². The van der Waals surface area contributed by atoms with E-state index in [1.165, 1.54) is 12.1 Å². The van der Waals surface area contributed by atoms with Crippen LogP contribution in [-0.4, -0.2) is 16.7 Å². The van der Waals surface area contributed by atoms with Gasteiger partial charge in [0.25, 0.3) is 9.05 Å². The minimum absolute atomic E-state index is 0.0694. The molecule has 1 aromatic rings. The van der Waals surface area contributed by atoms with E-state index in [2.05, 4.69) is 0 Å². The zero-order valence-electron chi connectivity index (χ0n) is 8.82. The molecule has 84 valence electrons. The molecule has 0 aliphatic heterocycles. The van der Waals surface area contributed by atoms with Crippen molar-refractivity contribution in [2.75, 3.05) is 0 Å². The van der Waals surface area contributed by atoms with E-state index in [-0.39, 0.29) is 4.90 Å². The predicted octanol–water partition coefficient (Wildman–Crippen LogP) is 2.83. The van der Waals surface area contributed by atoms with Gasteiger partial charge in [-0.15, -0.1) is 0 Å². The van der Waals surface area contributed by atoms with E-state index >= 15 is 0 Å². The van der Waals surface area contributed by atoms with E-state index in [1.54, 1.807) is 12.1 Å². The summed E-state index contributed by atoms with van der Waals surface area (Å²) in [4.78, 5) is 0.0694. The lowest BCUT2D eigenvalue weighted by molar-refractivity contribution is 0.554. The Kier molecular flexibility index (Phi) is 3.47. The molecule has 0 bridgehead atoms. The van der Waals surface area contributed by atoms with E-state index in [1.807, 2.05) is 19.6 Å². The van der Waals surface area contributed by atoms with E-state index in [0.717, 1.165) is 0 Å². The molecular weight excluding hydrogens is 252 g/mol. The Morgan fingerprint density at radius 2 is 1.87 bits per heavy atom. The second kappa shape index (κ2) is 4.15. The first kappa shape index (κ1) is 12.5. The van der Waals surface area contributed by atoms with Gasteiger partial charge in [0.1, 0.15) is 5.75 Å². The van der Waals surface area contributed by atoms with Crippen molar-refractivity contribution in [3.8, 4) is 5.75 Å². The van der Waals surface area contributed by atoms with E-state index < -0.39 is 17.4 Å². The van der Waals surface area contributed by atoms with Crippen LogP contribution in [0, 0.1) is 0 Å². The van der Waals surface area contributed by atoms with Crippen LogP contribution in [0.1, 0.15) is 0 Å². The Hall–Kier alpha value is -0.523. The van der Waals surface area contributed by atoms with Crippen LogP contribution in [0.5, 0.6) is 5.75 Å². The first-order valence-corrected chi connectivity index (χ1v) is 10.1. The lowest BCUT2D eigenvalue weighted by atomic mass is 10.3. The van der Waals surface area contributed by atoms with Gasteiger partial charge in [-0.05, 0) is 37.8 Å². The highest BCUT2D eigenvalue weighted by molar-refractivity contribution is 8.13. The highest BCUT2D eigenvalue weighted by Gasteiger charge is 2.17. The van der Waals surface area contributed by atoms with Crippen LogP contribution < -0.4 is 4.43 Å². The predicted molar refractivity (Wildman–Crippen MR) is 63.5 cm³/mol. The molecule has 6 heteroatoms. The summed E-state index contributed by atoms with van der Waals surface area (Å²) in [5.41, 5.74) is 0. The van der Waals surface area contributed by atoms with Gasteiger partial charge in [-0.2, -0.15) is 0 Å². The molecule has 15 heavy (non-hydrogen) atoms. The molecule has 3 nitrogen and oxygen atoms in total. The lowest BCUT2D eigenvalue weighted by Crippen LogP contribution is -2.29. The maximum atomic E-state index is 11.1. The zero-order chi connectivity index (χ0) is 11.7. The Balaban J connectivity index is 3.04. The molecule has 0 heterocycles. The van der Waals surface area contributed by atoms with Crippen LogP contribution in [0.25, 0.3) is 0 Å². The Bertz CT molecular complexity index is 451. The SMILES string of the molecule is C[Si](C)(C)Oc1cccc(S(=O)(=O)Cl)c1. The van der Waals surface area contributed by atoms with Crippen molar-refractivity contribution in [3.05, 3.63) is 24.3 Å². The summed E-state index contributed by atoms with van der Waals surface area (Å²) < 4.78 is 27.8. The van der Waals surface area contributed by atoms with E-state index in [9.17, 15) is 8.42 Å². The molecule has 0 fully saturated rings. The fraction of sp³-hybridized carbons (Fsp3) is 0.333. The van der Waals surface area contributed by atoms with Gasteiger partial charge >= 0.3 is 0 Å². The topological polar surface area (TPSA) is 43.4 Å². The normalized spacial score (nSPS) is 12.5. The summed E-state index contributed by atoms with van der Waals surface area (Å²) in [6.07, 6.45) is 0. The zero-order valence-corrected chi connectivity index (χ0v) is 11.4. The largest absolute Gasteiger partial charge is 0.544 e. The van der Waals surface area contributed by atoms with E-state index in [4.69, 9.17) is 15.1 Å². The molecule has 0 N–H and O–H groups in total. The molecule has 0 atom stereocenters. The number of benzene rings is 1. The van der Waals surface area contributed by atoms with Crippen LogP contribution in [0.4, 0.5) is 0 Å². The van der Waals surface area contributed by atoms with Crippen LogP contribution in [0.3, 0.4) is 0 Å². The van der Waals surface area contributed by atoms with Crippen molar-refractivity contribution in [1.82, 2.24) is 0 Å². The van der Waals surface area contributed by atoms with Gasteiger partial charge in [-0.25, -0.2) is 8.42 Å². The third-order valence-electron chi connectivity index (χ3n) is 1.51. The Morgan fingerprint density at radius 1 is 1.27 bits per heavy atom. The van der Waals surface area contributed by atoms with Gasteiger partial charge in [-0.1, -0.05) is 6.07 Å². The van der Waals surface area contributed by atoms with Gasteiger partial charge in [0, 0.05) is 10.7 Å².